The molecule has 0 aromatic heterocycles. The van der Waals surface area contributed by atoms with E-state index in [1.165, 1.54) is 0 Å². The number of nitro groups is 1. The van der Waals surface area contributed by atoms with Crippen LogP contribution in [0.5, 0.6) is 0 Å². The third-order valence-electron chi connectivity index (χ3n) is 2.80. The minimum Gasteiger partial charge on any atom is -0.460 e. The molecule has 0 aliphatic heterocycles. The SMILES string of the molecule is CCC(=O)C[C@H](C[N+](=O)[O-])C(=O)OCc1ccccc1. The molecule has 0 saturated heterocycles. The molecule has 0 aliphatic rings. The molecule has 0 bridgehead atoms. The number of hydrogen-bond donors (Lipinski definition) is 0. The van der Waals surface area contributed by atoms with E-state index in [4.69, 9.17) is 4.74 Å². The van der Waals surface area contributed by atoms with Gasteiger partial charge in [0.25, 0.3) is 0 Å². The lowest BCUT2D eigenvalue weighted by Gasteiger charge is -2.11. The molecular formula is C14H17NO5. The van der Waals surface area contributed by atoms with Crippen molar-refractivity contribution in [1.82, 2.24) is 0 Å². The Hall–Kier alpha value is -2.24. The number of ether oxygens (including phenoxy) is 1. The normalized spacial score (nSPS) is 11.7. The first-order valence-corrected chi connectivity index (χ1v) is 6.37. The van der Waals surface area contributed by atoms with Gasteiger partial charge in [0, 0.05) is 17.8 Å². The maximum Gasteiger partial charge on any atom is 0.316 e. The fraction of sp³-hybridized carbons (Fsp3) is 0.429. The van der Waals surface area contributed by atoms with Crippen LogP contribution in [0.3, 0.4) is 0 Å². The van der Waals surface area contributed by atoms with Gasteiger partial charge in [-0.05, 0) is 5.56 Å². The largest absolute Gasteiger partial charge is 0.460 e. The lowest BCUT2D eigenvalue weighted by molar-refractivity contribution is -0.486. The number of carbonyl (C=O) groups is 2. The Kier molecular flexibility index (Phi) is 6.36. The molecule has 1 rings (SSSR count). The molecule has 20 heavy (non-hydrogen) atoms. The van der Waals surface area contributed by atoms with Crippen LogP contribution in [-0.4, -0.2) is 23.2 Å². The quantitative estimate of drug-likeness (QED) is 0.412. The molecule has 6 nitrogen and oxygen atoms in total. The first-order chi connectivity index (χ1) is 9.52. The second-order valence-electron chi connectivity index (χ2n) is 4.40. The van der Waals surface area contributed by atoms with Crippen LogP contribution in [0.1, 0.15) is 25.3 Å². The summed E-state index contributed by atoms with van der Waals surface area (Å²) in [4.78, 5) is 33.1. The third kappa shape index (κ3) is 5.60. The number of rotatable bonds is 8. The van der Waals surface area contributed by atoms with Crippen molar-refractivity contribution in [2.24, 2.45) is 5.92 Å². The summed E-state index contributed by atoms with van der Waals surface area (Å²) in [5, 5.41) is 10.5. The predicted molar refractivity (Wildman–Crippen MR) is 71.5 cm³/mol. The van der Waals surface area contributed by atoms with E-state index < -0.39 is 23.4 Å². The van der Waals surface area contributed by atoms with Gasteiger partial charge in [0.15, 0.2) is 0 Å². The zero-order chi connectivity index (χ0) is 15.0. The molecule has 0 amide bonds. The van der Waals surface area contributed by atoms with E-state index in [9.17, 15) is 19.7 Å². The van der Waals surface area contributed by atoms with Crippen molar-refractivity contribution in [1.29, 1.82) is 0 Å². The lowest BCUT2D eigenvalue weighted by atomic mass is 10.0. The topological polar surface area (TPSA) is 86.5 Å². The van der Waals surface area contributed by atoms with E-state index in [-0.39, 0.29) is 25.2 Å². The average Bonchev–Trinajstić information content (AvgIpc) is 2.44. The number of ketones is 1. The van der Waals surface area contributed by atoms with Crippen LogP contribution in [0.15, 0.2) is 30.3 Å². The molecule has 0 unspecified atom stereocenters. The molecule has 0 radical (unpaired) electrons. The zero-order valence-corrected chi connectivity index (χ0v) is 11.3. The van der Waals surface area contributed by atoms with Crippen LogP contribution in [0.4, 0.5) is 0 Å². The van der Waals surface area contributed by atoms with Crippen molar-refractivity contribution in [3.8, 4) is 0 Å². The van der Waals surface area contributed by atoms with Crippen LogP contribution in [0.25, 0.3) is 0 Å². The molecule has 0 spiro atoms. The lowest BCUT2D eigenvalue weighted by Crippen LogP contribution is -2.27. The maximum atomic E-state index is 11.8. The van der Waals surface area contributed by atoms with Gasteiger partial charge in [-0.15, -0.1) is 0 Å². The second-order valence-corrected chi connectivity index (χ2v) is 4.40. The van der Waals surface area contributed by atoms with Crippen LogP contribution in [0, 0.1) is 16.0 Å². The van der Waals surface area contributed by atoms with E-state index in [2.05, 4.69) is 0 Å². The number of Topliss-reactive ketones (excluding diaryl/α,β-unsaturated/α-hetero) is 1. The average molecular weight is 279 g/mol. The number of hydrogen-bond acceptors (Lipinski definition) is 5. The molecule has 1 aromatic carbocycles. The van der Waals surface area contributed by atoms with Gasteiger partial charge < -0.3 is 4.74 Å². The van der Waals surface area contributed by atoms with Gasteiger partial charge in [-0.1, -0.05) is 37.3 Å². The Labute approximate surface area is 116 Å². The summed E-state index contributed by atoms with van der Waals surface area (Å²) in [6.07, 6.45) is 0.102. The maximum absolute atomic E-state index is 11.8. The first-order valence-electron chi connectivity index (χ1n) is 6.37. The predicted octanol–water partition coefficient (Wildman–Crippen LogP) is 1.99. The highest BCUT2D eigenvalue weighted by Gasteiger charge is 2.27. The standard InChI is InChI=1S/C14H17NO5/c1-2-13(16)8-12(9-15(18)19)14(17)20-10-11-6-4-3-5-7-11/h3-7,12H,2,8-10H2,1H3/t12-/m1/s1. The molecule has 1 aromatic rings. The van der Waals surface area contributed by atoms with Gasteiger partial charge in [-0.3, -0.25) is 19.7 Å². The molecular weight excluding hydrogens is 262 g/mol. The third-order valence-corrected chi connectivity index (χ3v) is 2.80. The molecule has 1 atom stereocenters. The summed E-state index contributed by atoms with van der Waals surface area (Å²) in [6.45, 7) is 1.12. The smallest absolute Gasteiger partial charge is 0.316 e. The number of nitrogens with zero attached hydrogens (tertiary/aromatic N) is 1. The fourth-order valence-electron chi connectivity index (χ4n) is 1.67. The Morgan fingerprint density at radius 3 is 2.50 bits per heavy atom. The van der Waals surface area contributed by atoms with E-state index in [1.54, 1.807) is 31.2 Å². The highest BCUT2D eigenvalue weighted by molar-refractivity contribution is 5.84. The van der Waals surface area contributed by atoms with Crippen molar-refractivity contribution in [2.45, 2.75) is 26.4 Å². The molecule has 108 valence electrons. The van der Waals surface area contributed by atoms with Crippen LogP contribution in [-0.2, 0) is 20.9 Å². The number of esters is 1. The van der Waals surface area contributed by atoms with E-state index in [1.807, 2.05) is 6.07 Å². The van der Waals surface area contributed by atoms with Crippen LogP contribution >= 0.6 is 0 Å². The highest BCUT2D eigenvalue weighted by atomic mass is 16.6. The summed E-state index contributed by atoms with van der Waals surface area (Å²) in [7, 11) is 0. The molecule has 0 fully saturated rings. The summed E-state index contributed by atoms with van der Waals surface area (Å²) in [5.74, 6) is -1.90. The number of carbonyl (C=O) groups excluding carboxylic acids is 2. The Balaban J connectivity index is 2.58. The van der Waals surface area contributed by atoms with Crippen LogP contribution < -0.4 is 0 Å². The molecule has 0 saturated carbocycles. The van der Waals surface area contributed by atoms with Gasteiger partial charge in [0.2, 0.25) is 6.54 Å². The van der Waals surface area contributed by atoms with Crippen molar-refractivity contribution in [3.05, 3.63) is 46.0 Å². The van der Waals surface area contributed by atoms with Crippen molar-refractivity contribution >= 4 is 11.8 Å². The van der Waals surface area contributed by atoms with Crippen molar-refractivity contribution in [2.75, 3.05) is 6.54 Å². The first kappa shape index (κ1) is 15.8. The molecule has 6 heteroatoms. The van der Waals surface area contributed by atoms with Gasteiger partial charge in [-0.2, -0.15) is 0 Å². The molecule has 0 aliphatic carbocycles. The monoisotopic (exact) mass is 279 g/mol. The summed E-state index contributed by atoms with van der Waals surface area (Å²) < 4.78 is 5.04. The number of benzene rings is 1. The van der Waals surface area contributed by atoms with Gasteiger partial charge in [-0.25, -0.2) is 0 Å². The van der Waals surface area contributed by atoms with Crippen molar-refractivity contribution < 1.29 is 19.2 Å². The van der Waals surface area contributed by atoms with E-state index >= 15 is 0 Å². The fourth-order valence-corrected chi connectivity index (χ4v) is 1.67. The highest BCUT2D eigenvalue weighted by Crippen LogP contribution is 2.11. The summed E-state index contributed by atoms with van der Waals surface area (Å²) in [6, 6.07) is 9.01. The van der Waals surface area contributed by atoms with E-state index in [0.29, 0.717) is 0 Å². The summed E-state index contributed by atoms with van der Waals surface area (Å²) in [5.41, 5.74) is 0.794. The van der Waals surface area contributed by atoms with Crippen molar-refractivity contribution in [3.63, 3.8) is 0 Å². The Morgan fingerprint density at radius 1 is 1.30 bits per heavy atom. The van der Waals surface area contributed by atoms with Crippen LogP contribution in [0.2, 0.25) is 0 Å². The molecule has 0 heterocycles. The van der Waals surface area contributed by atoms with Gasteiger partial charge in [0.05, 0.1) is 0 Å². The zero-order valence-electron chi connectivity index (χ0n) is 11.3. The van der Waals surface area contributed by atoms with E-state index in [0.717, 1.165) is 5.56 Å². The molecule has 0 N–H and O–H groups in total. The minimum atomic E-state index is -1.01. The Morgan fingerprint density at radius 2 is 1.95 bits per heavy atom. The Bertz CT molecular complexity index is 472. The van der Waals surface area contributed by atoms with Gasteiger partial charge >= 0.3 is 5.97 Å². The summed E-state index contributed by atoms with van der Waals surface area (Å²) >= 11 is 0. The minimum absolute atomic E-state index is 0.0498. The van der Waals surface area contributed by atoms with Gasteiger partial charge in [0.1, 0.15) is 18.3 Å². The second kappa shape index (κ2) is 8.04.